The molecule has 168 valence electrons. The monoisotopic (exact) mass is 444 g/mol. The molecule has 2 heterocycles. The number of nitrogens with zero attached hydrogens (tertiary/aromatic N) is 1. The molecule has 1 aliphatic heterocycles. The van der Waals surface area contributed by atoms with Gasteiger partial charge in [-0.25, -0.2) is 8.78 Å². The number of fused-ring (bicyclic) bond motifs is 2. The topological polar surface area (TPSA) is 36.1 Å². The van der Waals surface area contributed by atoms with Gasteiger partial charge in [0.25, 0.3) is 0 Å². The molecule has 0 spiro atoms. The quantitative estimate of drug-likeness (QED) is 0.396. The second-order valence-corrected chi connectivity index (χ2v) is 8.69. The molecule has 1 atom stereocenters. The smallest absolute Gasteiger partial charge is 0.223 e. The summed E-state index contributed by atoms with van der Waals surface area (Å²) in [5, 5.41) is 0.972. The fourth-order valence-corrected chi connectivity index (χ4v) is 5.01. The fourth-order valence-electron chi connectivity index (χ4n) is 5.01. The van der Waals surface area contributed by atoms with Gasteiger partial charge in [-0.2, -0.15) is 0 Å². The fraction of sp³-hybridized carbons (Fsp3) is 0.250. The van der Waals surface area contributed by atoms with Crippen molar-refractivity contribution in [2.45, 2.75) is 38.6 Å². The molecular weight excluding hydrogens is 418 g/mol. The summed E-state index contributed by atoms with van der Waals surface area (Å²) >= 11 is 0. The van der Waals surface area contributed by atoms with Crippen LogP contribution in [0.5, 0.6) is 0 Å². The van der Waals surface area contributed by atoms with E-state index in [0.29, 0.717) is 18.7 Å². The number of halogens is 2. The molecule has 0 fully saturated rings. The molecule has 5 heteroatoms. The van der Waals surface area contributed by atoms with E-state index in [1.165, 1.54) is 17.7 Å². The van der Waals surface area contributed by atoms with Crippen molar-refractivity contribution in [1.29, 1.82) is 0 Å². The minimum absolute atomic E-state index is 0.0285. The number of hydrogen-bond acceptors (Lipinski definition) is 1. The van der Waals surface area contributed by atoms with Gasteiger partial charge in [-0.15, -0.1) is 0 Å². The number of H-pyrrole nitrogens is 1. The van der Waals surface area contributed by atoms with Crippen molar-refractivity contribution in [2.24, 2.45) is 0 Å². The molecule has 0 saturated carbocycles. The minimum Gasteiger partial charge on any atom is -0.361 e. The van der Waals surface area contributed by atoms with E-state index in [1.807, 2.05) is 35.4 Å². The van der Waals surface area contributed by atoms with Crippen molar-refractivity contribution in [1.82, 2.24) is 9.88 Å². The van der Waals surface area contributed by atoms with E-state index in [2.05, 4.69) is 30.1 Å². The number of nitrogens with one attached hydrogen (secondary N) is 1. The largest absolute Gasteiger partial charge is 0.361 e. The van der Waals surface area contributed by atoms with Crippen molar-refractivity contribution in [3.05, 3.63) is 106 Å². The Hall–Kier alpha value is -3.47. The zero-order valence-corrected chi connectivity index (χ0v) is 18.6. The maximum atomic E-state index is 15.0. The van der Waals surface area contributed by atoms with E-state index in [9.17, 15) is 13.6 Å². The standard InChI is InChI=1S/C28H26F2N2O/c1-2-18-8-5-9-23-25(16-31-28(18)23)24(22-11-10-21(29)14-26(22)30)15-27(33)32-13-12-19-6-3-4-7-20(19)17-32/h3-11,14,16,24,31H,2,12-13,15,17H2,1H3. The lowest BCUT2D eigenvalue weighted by molar-refractivity contribution is -0.132. The second kappa shape index (κ2) is 8.81. The van der Waals surface area contributed by atoms with E-state index in [-0.39, 0.29) is 12.3 Å². The first-order valence-corrected chi connectivity index (χ1v) is 11.4. The van der Waals surface area contributed by atoms with E-state index >= 15 is 0 Å². The van der Waals surface area contributed by atoms with Crippen LogP contribution in [-0.4, -0.2) is 22.3 Å². The Balaban J connectivity index is 1.52. The number of para-hydroxylation sites is 1. The normalized spacial score (nSPS) is 14.3. The molecule has 3 nitrogen and oxygen atoms in total. The molecule has 1 N–H and O–H groups in total. The number of hydrogen-bond donors (Lipinski definition) is 1. The molecule has 1 unspecified atom stereocenters. The number of aromatic amines is 1. The van der Waals surface area contributed by atoms with E-state index in [4.69, 9.17) is 0 Å². The zero-order valence-electron chi connectivity index (χ0n) is 18.6. The first-order valence-electron chi connectivity index (χ1n) is 11.4. The van der Waals surface area contributed by atoms with E-state index < -0.39 is 17.6 Å². The molecule has 1 aliphatic rings. The van der Waals surface area contributed by atoms with Crippen LogP contribution in [0.4, 0.5) is 8.78 Å². The van der Waals surface area contributed by atoms with Crippen LogP contribution in [0.15, 0.2) is 66.9 Å². The Bertz CT molecular complexity index is 1330. The molecule has 0 saturated heterocycles. The lowest BCUT2D eigenvalue weighted by atomic mass is 9.86. The molecule has 4 aromatic rings. The van der Waals surface area contributed by atoms with Gasteiger partial charge < -0.3 is 9.88 Å². The summed E-state index contributed by atoms with van der Waals surface area (Å²) < 4.78 is 28.6. The Morgan fingerprint density at radius 1 is 1.03 bits per heavy atom. The third kappa shape index (κ3) is 4.04. The third-order valence-corrected chi connectivity index (χ3v) is 6.79. The molecule has 1 aromatic heterocycles. The van der Waals surface area contributed by atoms with Gasteiger partial charge in [0.2, 0.25) is 5.91 Å². The molecule has 0 aliphatic carbocycles. The van der Waals surface area contributed by atoms with Gasteiger partial charge in [0.05, 0.1) is 0 Å². The highest BCUT2D eigenvalue weighted by Gasteiger charge is 2.28. The Morgan fingerprint density at radius 3 is 2.64 bits per heavy atom. The van der Waals surface area contributed by atoms with Crippen LogP contribution < -0.4 is 0 Å². The zero-order chi connectivity index (χ0) is 22.9. The molecule has 3 aromatic carbocycles. The van der Waals surface area contributed by atoms with Gasteiger partial charge >= 0.3 is 0 Å². The van der Waals surface area contributed by atoms with Gasteiger partial charge in [-0.05, 0) is 46.7 Å². The number of amides is 1. The van der Waals surface area contributed by atoms with Crippen LogP contribution in [0.25, 0.3) is 10.9 Å². The molecule has 33 heavy (non-hydrogen) atoms. The lowest BCUT2D eigenvalue weighted by Gasteiger charge is -2.30. The highest BCUT2D eigenvalue weighted by atomic mass is 19.1. The van der Waals surface area contributed by atoms with Crippen molar-refractivity contribution in [3.63, 3.8) is 0 Å². The van der Waals surface area contributed by atoms with Crippen LogP contribution in [0.2, 0.25) is 0 Å². The summed E-state index contributed by atoms with van der Waals surface area (Å²) in [4.78, 5) is 18.6. The maximum absolute atomic E-state index is 15.0. The number of carbonyl (C=O) groups excluding carboxylic acids is 1. The van der Waals surface area contributed by atoms with E-state index in [0.717, 1.165) is 46.5 Å². The summed E-state index contributed by atoms with van der Waals surface area (Å²) in [5.74, 6) is -1.80. The van der Waals surface area contributed by atoms with Gasteiger partial charge in [0.15, 0.2) is 0 Å². The second-order valence-electron chi connectivity index (χ2n) is 8.69. The van der Waals surface area contributed by atoms with Crippen LogP contribution in [-0.2, 0) is 24.2 Å². The predicted octanol–water partition coefficient (Wildman–Crippen LogP) is 6.12. The number of aryl methyl sites for hydroxylation is 1. The molecule has 5 rings (SSSR count). The molecule has 0 radical (unpaired) electrons. The summed E-state index contributed by atoms with van der Waals surface area (Å²) in [6, 6.07) is 17.8. The van der Waals surface area contributed by atoms with Crippen molar-refractivity contribution in [2.75, 3.05) is 6.54 Å². The summed E-state index contributed by atoms with van der Waals surface area (Å²) in [6.07, 6.45) is 3.66. The van der Waals surface area contributed by atoms with Gasteiger partial charge in [-0.3, -0.25) is 4.79 Å². The average Bonchev–Trinajstić information content (AvgIpc) is 3.26. The number of aromatic nitrogens is 1. The van der Waals surface area contributed by atoms with Gasteiger partial charge in [0, 0.05) is 48.6 Å². The maximum Gasteiger partial charge on any atom is 0.223 e. The SMILES string of the molecule is CCc1cccc2c(C(CC(=O)N3CCc4ccccc4C3)c3ccc(F)cc3F)c[nH]c12. The van der Waals surface area contributed by atoms with Gasteiger partial charge in [0.1, 0.15) is 11.6 Å². The van der Waals surface area contributed by atoms with Crippen molar-refractivity contribution >= 4 is 16.8 Å². The van der Waals surface area contributed by atoms with Gasteiger partial charge in [-0.1, -0.05) is 55.5 Å². The molecule has 0 bridgehead atoms. The number of benzene rings is 3. The Kier molecular flexibility index (Phi) is 5.71. The summed E-state index contributed by atoms with van der Waals surface area (Å²) in [5.41, 5.74) is 5.78. The first kappa shape index (κ1) is 21.4. The molecular formula is C28H26F2N2O. The Labute approximate surface area is 192 Å². The average molecular weight is 445 g/mol. The van der Waals surface area contributed by atoms with Crippen LogP contribution >= 0.6 is 0 Å². The predicted molar refractivity (Wildman–Crippen MR) is 126 cm³/mol. The van der Waals surface area contributed by atoms with E-state index in [1.54, 1.807) is 0 Å². The Morgan fingerprint density at radius 2 is 1.85 bits per heavy atom. The first-order chi connectivity index (χ1) is 16.0. The van der Waals surface area contributed by atoms with Crippen LogP contribution in [0.1, 0.15) is 47.1 Å². The highest BCUT2D eigenvalue weighted by Crippen LogP contribution is 2.36. The lowest BCUT2D eigenvalue weighted by Crippen LogP contribution is -2.36. The van der Waals surface area contributed by atoms with Crippen molar-refractivity contribution < 1.29 is 13.6 Å². The number of carbonyl (C=O) groups is 1. The van der Waals surface area contributed by atoms with Crippen LogP contribution in [0.3, 0.4) is 0 Å². The minimum atomic E-state index is -0.627. The number of rotatable bonds is 5. The van der Waals surface area contributed by atoms with Crippen LogP contribution in [0, 0.1) is 11.6 Å². The summed E-state index contributed by atoms with van der Waals surface area (Å²) in [7, 11) is 0. The summed E-state index contributed by atoms with van der Waals surface area (Å²) in [6.45, 7) is 3.29. The van der Waals surface area contributed by atoms with Crippen molar-refractivity contribution in [3.8, 4) is 0 Å². The third-order valence-electron chi connectivity index (χ3n) is 6.79. The highest BCUT2D eigenvalue weighted by molar-refractivity contribution is 5.88. The molecule has 1 amide bonds.